The van der Waals surface area contributed by atoms with Gasteiger partial charge < -0.3 is 20.4 Å². The number of carboxylic acid groups (broad SMARTS) is 4. The van der Waals surface area contributed by atoms with Crippen LogP contribution in [-0.4, -0.2) is 54.3 Å². The van der Waals surface area contributed by atoms with Crippen LogP contribution in [0, 0.1) is 0 Å². The van der Waals surface area contributed by atoms with Crippen molar-refractivity contribution in [1.82, 2.24) is 9.97 Å². The summed E-state index contributed by atoms with van der Waals surface area (Å²) < 4.78 is 0. The maximum absolute atomic E-state index is 10.3. The highest BCUT2D eigenvalue weighted by Gasteiger charge is 2.09. The van der Waals surface area contributed by atoms with Gasteiger partial charge in [0.15, 0.2) is 0 Å². The van der Waals surface area contributed by atoms with Crippen molar-refractivity contribution in [2.45, 2.75) is 0 Å². The molecule has 0 bridgehead atoms. The highest BCUT2D eigenvalue weighted by atomic mass is 16.4. The summed E-state index contributed by atoms with van der Waals surface area (Å²) in [5, 5.41) is 33.8. The second-order valence-electron chi connectivity index (χ2n) is 4.09. The number of hydrogen-bond donors (Lipinski definition) is 4. The lowest BCUT2D eigenvalue weighted by molar-refractivity contribution is 0.0669. The Bertz CT molecular complexity index is 677. The van der Waals surface area contributed by atoms with Gasteiger partial charge in [-0.2, -0.15) is 0 Å². The highest BCUT2D eigenvalue weighted by Crippen LogP contribution is 2.02. The molecule has 0 amide bonds. The van der Waals surface area contributed by atoms with E-state index in [1.807, 2.05) is 0 Å². The first-order chi connectivity index (χ1) is 11.2. The van der Waals surface area contributed by atoms with Crippen molar-refractivity contribution in [3.8, 4) is 0 Å². The lowest BCUT2D eigenvalue weighted by atomic mass is 10.2. The van der Waals surface area contributed by atoms with Crippen molar-refractivity contribution in [3.63, 3.8) is 0 Å². The molecule has 10 heteroatoms. The molecule has 0 unspecified atom stereocenters. The predicted octanol–water partition coefficient (Wildman–Crippen LogP) is 0.956. The van der Waals surface area contributed by atoms with Gasteiger partial charge in [0.05, 0.1) is 11.1 Å². The Morgan fingerprint density at radius 2 is 1.12 bits per heavy atom. The van der Waals surface area contributed by atoms with Crippen LogP contribution in [0.5, 0.6) is 0 Å². The van der Waals surface area contributed by atoms with E-state index >= 15 is 0 Å². The summed E-state index contributed by atoms with van der Waals surface area (Å²) in [6.07, 6.45) is 2.18. The standard InChI is InChI=1S/2C7H5NO4/c9-6(10)4-1-5(7(11)12)3-8-2-4;9-6(10)4-2-1-3-5(8-4)7(11)12/h2*1-3H,(H,9,10)(H,11,12). The number of rotatable bonds is 4. The van der Waals surface area contributed by atoms with Crippen LogP contribution in [0.1, 0.15) is 41.7 Å². The summed E-state index contributed by atoms with van der Waals surface area (Å²) >= 11 is 0. The van der Waals surface area contributed by atoms with Crippen LogP contribution < -0.4 is 0 Å². The Hall–Kier alpha value is -3.82. The van der Waals surface area contributed by atoms with Crippen LogP contribution in [0.25, 0.3) is 0 Å². The molecular weight excluding hydrogens is 324 g/mol. The van der Waals surface area contributed by atoms with Gasteiger partial charge in [-0.3, -0.25) is 4.98 Å². The molecule has 10 nitrogen and oxygen atoms in total. The molecule has 2 aromatic heterocycles. The molecule has 4 N–H and O–H groups in total. The van der Waals surface area contributed by atoms with E-state index in [4.69, 9.17) is 20.4 Å². The van der Waals surface area contributed by atoms with Gasteiger partial charge in [0, 0.05) is 12.4 Å². The van der Waals surface area contributed by atoms with Gasteiger partial charge in [-0.25, -0.2) is 24.2 Å². The fraction of sp³-hybridized carbons (Fsp3) is 0. The molecular formula is C14H10N2O8. The van der Waals surface area contributed by atoms with Gasteiger partial charge in [0.25, 0.3) is 0 Å². The fourth-order valence-corrected chi connectivity index (χ4v) is 1.35. The highest BCUT2D eigenvalue weighted by molar-refractivity contribution is 5.93. The van der Waals surface area contributed by atoms with Crippen molar-refractivity contribution >= 4 is 23.9 Å². The zero-order chi connectivity index (χ0) is 18.3. The van der Waals surface area contributed by atoms with Gasteiger partial charge in [-0.15, -0.1) is 0 Å². The largest absolute Gasteiger partial charge is 0.478 e. The predicted molar refractivity (Wildman–Crippen MR) is 76.3 cm³/mol. The Balaban J connectivity index is 0.000000240. The SMILES string of the molecule is O=C(O)c1cccc(C(=O)O)n1.O=C(O)c1cncc(C(=O)O)c1. The topological polar surface area (TPSA) is 175 Å². The van der Waals surface area contributed by atoms with Crippen LogP contribution in [0.3, 0.4) is 0 Å². The second kappa shape index (κ2) is 7.98. The van der Waals surface area contributed by atoms with Gasteiger partial charge >= 0.3 is 23.9 Å². The molecule has 2 heterocycles. The van der Waals surface area contributed by atoms with Crippen molar-refractivity contribution in [2.24, 2.45) is 0 Å². The number of aromatic nitrogens is 2. The smallest absolute Gasteiger partial charge is 0.354 e. The summed E-state index contributed by atoms with van der Waals surface area (Å²) in [5.74, 6) is -4.85. The van der Waals surface area contributed by atoms with E-state index in [-0.39, 0.29) is 22.5 Å². The van der Waals surface area contributed by atoms with E-state index in [1.165, 1.54) is 18.2 Å². The first-order valence-corrected chi connectivity index (χ1v) is 6.07. The number of aromatic carboxylic acids is 4. The van der Waals surface area contributed by atoms with E-state index in [1.54, 1.807) is 0 Å². The first kappa shape index (κ1) is 18.2. The van der Waals surface area contributed by atoms with E-state index in [9.17, 15) is 19.2 Å². The van der Waals surface area contributed by atoms with Crippen LogP contribution >= 0.6 is 0 Å². The molecule has 0 saturated carbocycles. The Morgan fingerprint density at radius 3 is 1.46 bits per heavy atom. The van der Waals surface area contributed by atoms with Gasteiger partial charge in [-0.05, 0) is 18.2 Å². The third-order valence-corrected chi connectivity index (χ3v) is 2.42. The number of hydrogen-bond acceptors (Lipinski definition) is 6. The Labute approximate surface area is 133 Å². The number of carboxylic acids is 4. The third kappa shape index (κ3) is 5.18. The minimum absolute atomic E-state index is 0.130. The minimum atomic E-state index is -1.24. The normalized spacial score (nSPS) is 9.33. The first-order valence-electron chi connectivity index (χ1n) is 6.07. The molecule has 0 fully saturated rings. The van der Waals surface area contributed by atoms with Gasteiger partial charge in [0.2, 0.25) is 0 Å². The zero-order valence-electron chi connectivity index (χ0n) is 11.8. The molecule has 2 rings (SSSR count). The molecule has 0 atom stereocenters. The van der Waals surface area contributed by atoms with Crippen LogP contribution in [0.4, 0.5) is 0 Å². The summed E-state index contributed by atoms with van der Waals surface area (Å²) in [4.78, 5) is 48.2. The maximum atomic E-state index is 10.3. The maximum Gasteiger partial charge on any atom is 0.354 e. The van der Waals surface area contributed by atoms with E-state index in [0.29, 0.717) is 0 Å². The molecule has 0 spiro atoms. The lowest BCUT2D eigenvalue weighted by Gasteiger charge is -1.94. The Kier molecular flexibility index (Phi) is 6.06. The summed E-state index contributed by atoms with van der Waals surface area (Å²) in [6.45, 7) is 0. The average Bonchev–Trinajstić information content (AvgIpc) is 2.55. The number of pyridine rings is 2. The van der Waals surface area contributed by atoms with Crippen LogP contribution in [-0.2, 0) is 0 Å². The summed E-state index contributed by atoms with van der Waals surface area (Å²) in [6, 6.07) is 4.85. The fourth-order valence-electron chi connectivity index (χ4n) is 1.35. The Morgan fingerprint density at radius 1 is 0.708 bits per heavy atom. The molecule has 0 aliphatic rings. The lowest BCUT2D eigenvalue weighted by Crippen LogP contribution is -2.06. The quantitative estimate of drug-likeness (QED) is 0.629. The average molecular weight is 334 g/mol. The van der Waals surface area contributed by atoms with E-state index in [0.717, 1.165) is 18.5 Å². The van der Waals surface area contributed by atoms with E-state index in [2.05, 4.69) is 9.97 Å². The van der Waals surface area contributed by atoms with E-state index < -0.39 is 23.9 Å². The monoisotopic (exact) mass is 334 g/mol. The van der Waals surface area contributed by atoms with Crippen molar-refractivity contribution < 1.29 is 39.6 Å². The summed E-state index contributed by atoms with van der Waals surface area (Å²) in [7, 11) is 0. The molecule has 0 saturated heterocycles. The second-order valence-corrected chi connectivity index (χ2v) is 4.09. The molecule has 0 radical (unpaired) electrons. The number of nitrogens with zero attached hydrogens (tertiary/aromatic N) is 2. The molecule has 124 valence electrons. The van der Waals surface area contributed by atoms with Crippen molar-refractivity contribution in [2.75, 3.05) is 0 Å². The number of carbonyl (C=O) groups is 4. The van der Waals surface area contributed by atoms with Gasteiger partial charge in [0.1, 0.15) is 11.4 Å². The molecule has 0 aromatic carbocycles. The summed E-state index contributed by atoms with van der Waals surface area (Å²) in [5.41, 5.74) is -0.797. The molecule has 24 heavy (non-hydrogen) atoms. The molecule has 0 aliphatic heterocycles. The molecule has 0 aliphatic carbocycles. The minimum Gasteiger partial charge on any atom is -0.478 e. The van der Waals surface area contributed by atoms with Crippen LogP contribution in [0.15, 0.2) is 36.7 Å². The van der Waals surface area contributed by atoms with Crippen molar-refractivity contribution in [1.29, 1.82) is 0 Å². The van der Waals surface area contributed by atoms with Crippen molar-refractivity contribution in [3.05, 3.63) is 59.2 Å². The van der Waals surface area contributed by atoms with Crippen LogP contribution in [0.2, 0.25) is 0 Å². The van der Waals surface area contributed by atoms with Gasteiger partial charge in [-0.1, -0.05) is 6.07 Å². The zero-order valence-corrected chi connectivity index (χ0v) is 11.8. The third-order valence-electron chi connectivity index (χ3n) is 2.42. The molecule has 2 aromatic rings.